The van der Waals surface area contributed by atoms with Crippen LogP contribution in [-0.4, -0.2) is 59.9 Å². The molecule has 4 N–H and O–H groups in total. The number of esters is 2. The van der Waals surface area contributed by atoms with Gasteiger partial charge in [0.1, 0.15) is 12.6 Å². The molecule has 0 aliphatic carbocycles. The van der Waals surface area contributed by atoms with Gasteiger partial charge in [0, 0.05) is 12.8 Å². The van der Waals surface area contributed by atoms with E-state index in [0.717, 1.165) is 83.5 Å². The van der Waals surface area contributed by atoms with Crippen molar-refractivity contribution in [3.63, 3.8) is 0 Å². The minimum Gasteiger partial charge on any atom is -0.480 e. The molecule has 0 aromatic rings. The molecule has 0 radical (unpaired) electrons. The van der Waals surface area contributed by atoms with Crippen molar-refractivity contribution in [2.45, 2.75) is 244 Å². The van der Waals surface area contributed by atoms with Gasteiger partial charge in [-0.1, -0.05) is 209 Å². The monoisotopic (exact) mass is 976 g/mol. The molecule has 0 aliphatic rings. The Labute approximate surface area is 414 Å². The minimum absolute atomic E-state index is 0.149. The first-order valence-electron chi connectivity index (χ1n) is 27.0. The van der Waals surface area contributed by atoms with Gasteiger partial charge in [0.05, 0.1) is 13.2 Å². The molecule has 0 fully saturated rings. The van der Waals surface area contributed by atoms with Crippen LogP contribution in [0.25, 0.3) is 0 Å². The van der Waals surface area contributed by atoms with Gasteiger partial charge in [-0.15, -0.1) is 0 Å². The third-order valence-electron chi connectivity index (χ3n) is 11.4. The van der Waals surface area contributed by atoms with Crippen molar-refractivity contribution in [1.82, 2.24) is 0 Å². The zero-order valence-electron chi connectivity index (χ0n) is 42.9. The van der Waals surface area contributed by atoms with E-state index in [9.17, 15) is 23.8 Å². The quantitative estimate of drug-likeness (QED) is 0.0229. The van der Waals surface area contributed by atoms with Gasteiger partial charge in [-0.2, -0.15) is 0 Å². The number of aliphatic carboxylic acids is 1. The van der Waals surface area contributed by atoms with Crippen molar-refractivity contribution in [2.75, 3.05) is 19.8 Å². The van der Waals surface area contributed by atoms with Crippen molar-refractivity contribution in [3.05, 3.63) is 72.9 Å². The van der Waals surface area contributed by atoms with Crippen LogP contribution in [0.15, 0.2) is 72.9 Å². The smallest absolute Gasteiger partial charge is 0.472 e. The molecule has 392 valence electrons. The summed E-state index contributed by atoms with van der Waals surface area (Å²) < 4.78 is 32.9. The number of carbonyl (C=O) groups excluding carboxylic acids is 2. The number of phosphoric acid groups is 1. The molecule has 0 aromatic heterocycles. The minimum atomic E-state index is -4.73. The molecule has 68 heavy (non-hydrogen) atoms. The molecular formula is C56H98NO10P. The molecule has 0 aromatic carbocycles. The third-order valence-corrected chi connectivity index (χ3v) is 12.4. The SMILES string of the molecule is CC/C=C\C/C=C\C/C=C\C/C=C\CCCCCCCCCCC(=O)OC(COC(=O)CCCCCCCCCCCCC/C=C\C/C=C\CCCCCCC)COP(=O)(O)OCC(N)C(=O)O. The van der Waals surface area contributed by atoms with Crippen molar-refractivity contribution < 1.29 is 47.5 Å². The van der Waals surface area contributed by atoms with Gasteiger partial charge in [0.15, 0.2) is 6.10 Å². The Bertz CT molecular complexity index is 1420. The number of nitrogens with two attached hydrogens (primary N) is 1. The predicted octanol–water partition coefficient (Wildman–Crippen LogP) is 15.6. The van der Waals surface area contributed by atoms with Crippen LogP contribution in [0.2, 0.25) is 0 Å². The molecule has 3 atom stereocenters. The van der Waals surface area contributed by atoms with Crippen LogP contribution in [0.3, 0.4) is 0 Å². The van der Waals surface area contributed by atoms with Gasteiger partial charge in [-0.25, -0.2) is 4.57 Å². The van der Waals surface area contributed by atoms with E-state index in [1.54, 1.807) is 0 Å². The first-order chi connectivity index (χ1) is 33.1. The topological polar surface area (TPSA) is 172 Å². The van der Waals surface area contributed by atoms with E-state index in [4.69, 9.17) is 24.8 Å². The molecule has 0 saturated carbocycles. The first kappa shape index (κ1) is 64.9. The maximum Gasteiger partial charge on any atom is 0.472 e. The summed E-state index contributed by atoms with van der Waals surface area (Å²) in [5, 5.41) is 8.93. The summed E-state index contributed by atoms with van der Waals surface area (Å²) in [5.74, 6) is -2.39. The van der Waals surface area contributed by atoms with E-state index in [-0.39, 0.29) is 19.4 Å². The summed E-state index contributed by atoms with van der Waals surface area (Å²) >= 11 is 0. The van der Waals surface area contributed by atoms with E-state index in [1.165, 1.54) is 109 Å². The van der Waals surface area contributed by atoms with Crippen LogP contribution in [0, 0.1) is 0 Å². The maximum absolute atomic E-state index is 12.7. The van der Waals surface area contributed by atoms with E-state index < -0.39 is 51.1 Å². The number of hydrogen-bond donors (Lipinski definition) is 3. The maximum atomic E-state index is 12.7. The van der Waals surface area contributed by atoms with E-state index >= 15 is 0 Å². The molecular weight excluding hydrogens is 878 g/mol. The molecule has 0 aliphatic heterocycles. The summed E-state index contributed by atoms with van der Waals surface area (Å²) in [6.45, 7) is 2.70. The fourth-order valence-corrected chi connectivity index (χ4v) is 8.04. The predicted molar refractivity (Wildman–Crippen MR) is 281 cm³/mol. The molecule has 0 spiro atoms. The molecule has 0 heterocycles. The number of ether oxygens (including phenoxy) is 2. The fraction of sp³-hybridized carbons (Fsp3) is 0.732. The summed E-state index contributed by atoms with van der Waals surface area (Å²) in [4.78, 5) is 46.3. The summed E-state index contributed by atoms with van der Waals surface area (Å²) in [7, 11) is -4.73. The highest BCUT2D eigenvalue weighted by Crippen LogP contribution is 2.43. The molecule has 12 heteroatoms. The Balaban J connectivity index is 4.23. The number of phosphoric ester groups is 1. The molecule has 11 nitrogen and oxygen atoms in total. The van der Waals surface area contributed by atoms with Gasteiger partial charge >= 0.3 is 25.7 Å². The number of carboxylic acids is 1. The van der Waals surface area contributed by atoms with Gasteiger partial charge in [-0.05, 0) is 83.5 Å². The van der Waals surface area contributed by atoms with Crippen molar-refractivity contribution in [3.8, 4) is 0 Å². The lowest BCUT2D eigenvalue weighted by Crippen LogP contribution is -2.34. The first-order valence-corrected chi connectivity index (χ1v) is 28.5. The Hall–Kier alpha value is -3.08. The number of hydrogen-bond acceptors (Lipinski definition) is 9. The second-order valence-electron chi connectivity index (χ2n) is 18.0. The van der Waals surface area contributed by atoms with Crippen LogP contribution >= 0.6 is 7.82 Å². The zero-order chi connectivity index (χ0) is 49.9. The van der Waals surface area contributed by atoms with E-state index in [0.29, 0.717) is 12.8 Å². The summed E-state index contributed by atoms with van der Waals surface area (Å²) in [5.41, 5.74) is 5.36. The molecule has 0 rings (SSSR count). The number of carbonyl (C=O) groups is 3. The van der Waals surface area contributed by atoms with Gasteiger partial charge in [0.25, 0.3) is 0 Å². The summed E-state index contributed by atoms with van der Waals surface area (Å²) in [6, 6.07) is -1.53. The van der Waals surface area contributed by atoms with Gasteiger partial charge < -0.3 is 25.2 Å². The van der Waals surface area contributed by atoms with Gasteiger partial charge in [-0.3, -0.25) is 23.4 Å². The lowest BCUT2D eigenvalue weighted by Gasteiger charge is -2.20. The van der Waals surface area contributed by atoms with Crippen LogP contribution in [0.4, 0.5) is 0 Å². The highest BCUT2D eigenvalue weighted by Gasteiger charge is 2.28. The standard InChI is InChI=1S/C56H98NO10P/c1-3-5-7-9-11-13-15-17-19-21-23-25-26-28-29-31-33-35-37-39-41-43-45-47-54(58)64-49-52(50-65-68(62,63)66-51-53(57)56(60)61)67-55(59)48-46-44-42-40-38-36-34-32-30-27-24-22-20-18-16-14-12-10-8-6-4-2/h6,8,12,14-15,17-18,20-21,23-24,27,52-53H,3-5,7,9-11,13,16,19,22,25-26,28-51,57H2,1-2H3,(H,60,61)(H,62,63)/b8-6-,14-12-,17-15-,20-18-,23-21-,27-24-. The highest BCUT2D eigenvalue weighted by molar-refractivity contribution is 7.47. The largest absolute Gasteiger partial charge is 0.480 e. The second kappa shape index (κ2) is 50.3. The van der Waals surface area contributed by atoms with Crippen LogP contribution in [-0.2, 0) is 37.5 Å². The van der Waals surface area contributed by atoms with Crippen LogP contribution in [0.5, 0.6) is 0 Å². The van der Waals surface area contributed by atoms with Crippen molar-refractivity contribution >= 4 is 25.7 Å². The molecule has 3 unspecified atom stereocenters. The number of carboxylic acid groups (broad SMARTS) is 1. The van der Waals surface area contributed by atoms with Gasteiger partial charge in [0.2, 0.25) is 0 Å². The Morgan fingerprint density at radius 1 is 0.471 bits per heavy atom. The normalized spacial score (nSPS) is 14.1. The zero-order valence-corrected chi connectivity index (χ0v) is 43.8. The number of unbranched alkanes of at least 4 members (excludes halogenated alkanes) is 24. The Morgan fingerprint density at radius 3 is 1.24 bits per heavy atom. The van der Waals surface area contributed by atoms with Crippen molar-refractivity contribution in [2.24, 2.45) is 5.73 Å². The average Bonchev–Trinajstić information content (AvgIpc) is 3.32. The second-order valence-corrected chi connectivity index (χ2v) is 19.4. The number of allylic oxidation sites excluding steroid dienone is 12. The fourth-order valence-electron chi connectivity index (χ4n) is 7.26. The van der Waals surface area contributed by atoms with E-state index in [1.807, 2.05) is 0 Å². The molecule has 0 bridgehead atoms. The average molecular weight is 976 g/mol. The molecule has 0 saturated heterocycles. The van der Waals surface area contributed by atoms with Crippen molar-refractivity contribution in [1.29, 1.82) is 0 Å². The third kappa shape index (κ3) is 49.3. The van der Waals surface area contributed by atoms with Crippen LogP contribution < -0.4 is 5.73 Å². The lowest BCUT2D eigenvalue weighted by molar-refractivity contribution is -0.161. The van der Waals surface area contributed by atoms with E-state index in [2.05, 4.69) is 91.3 Å². The molecule has 0 amide bonds. The van der Waals surface area contributed by atoms with Crippen LogP contribution in [0.1, 0.15) is 232 Å². The highest BCUT2D eigenvalue weighted by atomic mass is 31.2. The number of rotatable bonds is 50. The Morgan fingerprint density at radius 2 is 0.824 bits per heavy atom. The summed E-state index contributed by atoms with van der Waals surface area (Å²) in [6.07, 6.45) is 62.5. The Kier molecular flexibility index (Phi) is 48.0. The lowest BCUT2D eigenvalue weighted by atomic mass is 10.0.